The molecular formula is C24H38O. The van der Waals surface area contributed by atoms with Crippen molar-refractivity contribution < 1.29 is 5.11 Å². The standard InChI is InChI=1S/C20H28O.C2H6.C2H4/c1-4-5-8-18-15(3)16-10-9-14(2)19(21)17(16)13-20(18)11-6-7-12-20;2*1-2/h9-10,21H,4-8,11-13H2,1-3H3;1-2H3;1-2H2. The van der Waals surface area contributed by atoms with Crippen LogP contribution in [-0.4, -0.2) is 5.11 Å². The number of phenols is 1. The monoisotopic (exact) mass is 342 g/mol. The molecule has 0 saturated heterocycles. The molecule has 1 N–H and O–H groups in total. The predicted octanol–water partition coefficient (Wildman–Crippen LogP) is 7.61. The van der Waals surface area contributed by atoms with Gasteiger partial charge in [-0.05, 0) is 68.1 Å². The number of unbranched alkanes of at least 4 members (excludes halogenated alkanes) is 1. The molecule has 0 aliphatic heterocycles. The zero-order chi connectivity index (χ0) is 19.0. The quantitative estimate of drug-likeness (QED) is 0.560. The first-order valence-electron chi connectivity index (χ1n) is 10.1. The highest BCUT2D eigenvalue weighted by Crippen LogP contribution is 2.55. The highest BCUT2D eigenvalue weighted by molar-refractivity contribution is 5.75. The lowest BCUT2D eigenvalue weighted by Gasteiger charge is -2.39. The van der Waals surface area contributed by atoms with Gasteiger partial charge in [0.25, 0.3) is 0 Å². The van der Waals surface area contributed by atoms with Gasteiger partial charge in [0.2, 0.25) is 0 Å². The molecule has 1 aromatic rings. The van der Waals surface area contributed by atoms with Crippen molar-refractivity contribution in [2.45, 2.75) is 86.0 Å². The molecule has 2 aliphatic rings. The van der Waals surface area contributed by atoms with Crippen molar-refractivity contribution in [2.24, 2.45) is 5.41 Å². The fourth-order valence-electron chi connectivity index (χ4n) is 4.63. The van der Waals surface area contributed by atoms with Gasteiger partial charge in [0.1, 0.15) is 5.75 Å². The summed E-state index contributed by atoms with van der Waals surface area (Å²) in [5, 5.41) is 10.5. The molecule has 25 heavy (non-hydrogen) atoms. The number of rotatable bonds is 3. The Bertz CT molecular complexity index is 588. The lowest BCUT2D eigenvalue weighted by atomic mass is 9.65. The van der Waals surface area contributed by atoms with Crippen LogP contribution in [0.15, 0.2) is 30.9 Å². The minimum Gasteiger partial charge on any atom is -0.507 e. The Morgan fingerprint density at radius 2 is 1.68 bits per heavy atom. The van der Waals surface area contributed by atoms with Crippen molar-refractivity contribution >= 4 is 5.57 Å². The first kappa shape index (κ1) is 21.5. The summed E-state index contributed by atoms with van der Waals surface area (Å²) in [4.78, 5) is 0. The number of aromatic hydroxyl groups is 1. The van der Waals surface area contributed by atoms with Crippen LogP contribution in [0.5, 0.6) is 5.75 Å². The second-order valence-corrected chi connectivity index (χ2v) is 7.13. The summed E-state index contributed by atoms with van der Waals surface area (Å²) in [6, 6.07) is 4.30. The van der Waals surface area contributed by atoms with Crippen LogP contribution >= 0.6 is 0 Å². The van der Waals surface area contributed by atoms with E-state index in [2.05, 4.69) is 39.1 Å². The fourth-order valence-corrected chi connectivity index (χ4v) is 4.63. The van der Waals surface area contributed by atoms with Crippen LogP contribution < -0.4 is 0 Å². The second kappa shape index (κ2) is 9.85. The average Bonchev–Trinajstić information content (AvgIpc) is 3.11. The number of hydrogen-bond acceptors (Lipinski definition) is 1. The van der Waals surface area contributed by atoms with Crippen molar-refractivity contribution in [3.05, 3.63) is 47.6 Å². The Hall–Kier alpha value is -1.50. The van der Waals surface area contributed by atoms with Gasteiger partial charge in [-0.2, -0.15) is 0 Å². The first-order valence-corrected chi connectivity index (χ1v) is 10.1. The zero-order valence-electron chi connectivity index (χ0n) is 17.2. The summed E-state index contributed by atoms with van der Waals surface area (Å²) < 4.78 is 0. The number of phenolic OH excluding ortho intramolecular Hbond substituents is 1. The van der Waals surface area contributed by atoms with E-state index in [4.69, 9.17) is 0 Å². The Balaban J connectivity index is 0.000000730. The van der Waals surface area contributed by atoms with E-state index in [-0.39, 0.29) is 0 Å². The molecule has 140 valence electrons. The Morgan fingerprint density at radius 3 is 2.24 bits per heavy atom. The van der Waals surface area contributed by atoms with Crippen molar-refractivity contribution in [1.82, 2.24) is 0 Å². The summed E-state index contributed by atoms with van der Waals surface area (Å²) >= 11 is 0. The third kappa shape index (κ3) is 4.19. The van der Waals surface area contributed by atoms with Gasteiger partial charge < -0.3 is 5.11 Å². The molecule has 1 fully saturated rings. The highest BCUT2D eigenvalue weighted by Gasteiger charge is 2.42. The summed E-state index contributed by atoms with van der Waals surface area (Å²) in [6.45, 7) is 16.6. The normalized spacial score (nSPS) is 17.3. The van der Waals surface area contributed by atoms with Gasteiger partial charge in [0.15, 0.2) is 0 Å². The number of fused-ring (bicyclic) bond motifs is 1. The lowest BCUT2D eigenvalue weighted by molar-refractivity contribution is 0.338. The molecule has 1 nitrogen and oxygen atoms in total. The molecule has 1 saturated carbocycles. The van der Waals surface area contributed by atoms with Crippen LogP contribution in [0, 0.1) is 12.3 Å². The molecule has 0 bridgehead atoms. The van der Waals surface area contributed by atoms with E-state index >= 15 is 0 Å². The summed E-state index contributed by atoms with van der Waals surface area (Å²) in [7, 11) is 0. The van der Waals surface area contributed by atoms with Gasteiger partial charge in [-0.15, -0.1) is 13.2 Å². The van der Waals surface area contributed by atoms with E-state index in [0.717, 1.165) is 12.0 Å². The van der Waals surface area contributed by atoms with E-state index in [9.17, 15) is 5.11 Å². The van der Waals surface area contributed by atoms with Crippen molar-refractivity contribution in [1.29, 1.82) is 0 Å². The summed E-state index contributed by atoms with van der Waals surface area (Å²) in [6.07, 6.45) is 10.2. The van der Waals surface area contributed by atoms with Gasteiger partial charge in [-0.25, -0.2) is 0 Å². The van der Waals surface area contributed by atoms with Crippen LogP contribution in [0.25, 0.3) is 5.57 Å². The molecule has 1 heteroatoms. The van der Waals surface area contributed by atoms with Crippen LogP contribution in [0.1, 0.15) is 89.3 Å². The predicted molar refractivity (Wildman–Crippen MR) is 112 cm³/mol. The smallest absolute Gasteiger partial charge is 0.122 e. The molecule has 0 heterocycles. The maximum atomic E-state index is 10.5. The fraction of sp³-hybridized carbons (Fsp3) is 0.583. The van der Waals surface area contributed by atoms with Gasteiger partial charge in [0, 0.05) is 5.56 Å². The van der Waals surface area contributed by atoms with Crippen LogP contribution in [0.3, 0.4) is 0 Å². The highest BCUT2D eigenvalue weighted by atomic mass is 16.3. The third-order valence-corrected chi connectivity index (χ3v) is 5.84. The van der Waals surface area contributed by atoms with E-state index in [1.165, 1.54) is 61.6 Å². The maximum absolute atomic E-state index is 10.5. The molecule has 2 aliphatic carbocycles. The molecule has 0 radical (unpaired) electrons. The minimum absolute atomic E-state index is 0.359. The van der Waals surface area contributed by atoms with Crippen molar-refractivity contribution in [2.75, 3.05) is 0 Å². The average molecular weight is 343 g/mol. The third-order valence-electron chi connectivity index (χ3n) is 5.84. The number of hydrogen-bond donors (Lipinski definition) is 1. The Kier molecular flexibility index (Phi) is 8.48. The zero-order valence-corrected chi connectivity index (χ0v) is 17.2. The minimum atomic E-state index is 0.359. The number of aryl methyl sites for hydroxylation is 1. The molecule has 0 atom stereocenters. The van der Waals surface area contributed by atoms with Crippen LogP contribution in [0.4, 0.5) is 0 Å². The largest absolute Gasteiger partial charge is 0.507 e. The molecule has 0 unspecified atom stereocenters. The second-order valence-electron chi connectivity index (χ2n) is 7.13. The topological polar surface area (TPSA) is 20.2 Å². The van der Waals surface area contributed by atoms with Gasteiger partial charge in [-0.3, -0.25) is 0 Å². The SMILES string of the molecule is C=C.CC.CCCCC1=C(C)c2ccc(C)c(O)c2CC12CCCC2. The molecule has 1 aromatic carbocycles. The van der Waals surface area contributed by atoms with Crippen molar-refractivity contribution in [3.63, 3.8) is 0 Å². The number of allylic oxidation sites excluding steroid dienone is 2. The maximum Gasteiger partial charge on any atom is 0.122 e. The van der Waals surface area contributed by atoms with Gasteiger partial charge >= 0.3 is 0 Å². The molecule has 0 amide bonds. The Labute approximate surface area is 155 Å². The molecule has 1 spiro atoms. The van der Waals surface area contributed by atoms with Crippen molar-refractivity contribution in [3.8, 4) is 5.75 Å². The molecule has 0 aromatic heterocycles. The molecular weight excluding hydrogens is 304 g/mol. The first-order chi connectivity index (χ1) is 12.1. The van der Waals surface area contributed by atoms with Gasteiger partial charge in [0.05, 0.1) is 0 Å². The van der Waals surface area contributed by atoms with Crippen LogP contribution in [-0.2, 0) is 6.42 Å². The van der Waals surface area contributed by atoms with E-state index in [1.807, 2.05) is 20.8 Å². The van der Waals surface area contributed by atoms with E-state index < -0.39 is 0 Å². The van der Waals surface area contributed by atoms with Crippen LogP contribution in [0.2, 0.25) is 0 Å². The van der Waals surface area contributed by atoms with E-state index in [1.54, 1.807) is 5.57 Å². The summed E-state index contributed by atoms with van der Waals surface area (Å²) in [5.74, 6) is 0.549. The molecule has 3 rings (SSSR count). The van der Waals surface area contributed by atoms with E-state index in [0.29, 0.717) is 11.2 Å². The number of benzene rings is 1. The van der Waals surface area contributed by atoms with Gasteiger partial charge in [-0.1, -0.05) is 57.7 Å². The lowest BCUT2D eigenvalue weighted by Crippen LogP contribution is -2.28. The summed E-state index contributed by atoms with van der Waals surface area (Å²) in [5.41, 5.74) is 7.07. The Morgan fingerprint density at radius 1 is 1.08 bits per heavy atom.